The van der Waals surface area contributed by atoms with Crippen LogP contribution in [0.3, 0.4) is 0 Å². The average Bonchev–Trinajstić information content (AvgIpc) is 3.02. The summed E-state index contributed by atoms with van der Waals surface area (Å²) in [5, 5.41) is 0. The summed E-state index contributed by atoms with van der Waals surface area (Å²) in [5.74, 6) is -0.0158. The number of piperazine rings is 1. The van der Waals surface area contributed by atoms with Crippen molar-refractivity contribution in [3.8, 4) is 0 Å². The summed E-state index contributed by atoms with van der Waals surface area (Å²) in [6, 6.07) is 13.6. The molecule has 0 spiro atoms. The second-order valence-corrected chi connectivity index (χ2v) is 10.4. The van der Waals surface area contributed by atoms with Gasteiger partial charge in [0.1, 0.15) is 0 Å². The average molecular weight is 428 g/mol. The normalized spacial score (nSPS) is 22.3. The summed E-state index contributed by atoms with van der Waals surface area (Å²) >= 11 is 0. The van der Waals surface area contributed by atoms with Crippen molar-refractivity contribution in [3.05, 3.63) is 53.6 Å². The first-order valence-electron chi connectivity index (χ1n) is 10.4. The molecule has 0 aromatic heterocycles. The van der Waals surface area contributed by atoms with Crippen molar-refractivity contribution < 1.29 is 13.2 Å². The Morgan fingerprint density at radius 3 is 2.47 bits per heavy atom. The summed E-state index contributed by atoms with van der Waals surface area (Å²) in [7, 11) is -3.58. The van der Waals surface area contributed by atoms with E-state index in [1.807, 2.05) is 13.0 Å². The van der Waals surface area contributed by atoms with Crippen LogP contribution in [0.15, 0.2) is 47.4 Å². The maximum Gasteiger partial charge on any atom is 0.243 e. The van der Waals surface area contributed by atoms with Gasteiger partial charge in [-0.2, -0.15) is 4.31 Å². The number of rotatable bonds is 3. The van der Waals surface area contributed by atoms with Crippen molar-refractivity contribution >= 4 is 27.3 Å². The van der Waals surface area contributed by atoms with E-state index >= 15 is 0 Å². The minimum Gasteiger partial charge on any atom is -0.366 e. The molecule has 0 saturated carbocycles. The van der Waals surface area contributed by atoms with Crippen LogP contribution in [-0.2, 0) is 21.2 Å². The van der Waals surface area contributed by atoms with E-state index in [4.69, 9.17) is 0 Å². The zero-order valence-corrected chi connectivity index (χ0v) is 18.8. The third kappa shape index (κ3) is 3.61. The Labute approximate surface area is 179 Å². The van der Waals surface area contributed by atoms with Gasteiger partial charge in [-0.1, -0.05) is 12.1 Å². The third-order valence-electron chi connectivity index (χ3n) is 6.17. The molecule has 30 heavy (non-hydrogen) atoms. The molecule has 2 aliphatic heterocycles. The summed E-state index contributed by atoms with van der Waals surface area (Å²) in [5.41, 5.74) is 4.08. The lowest BCUT2D eigenvalue weighted by Crippen LogP contribution is -2.53. The van der Waals surface area contributed by atoms with Crippen LogP contribution in [0, 0.1) is 6.92 Å². The van der Waals surface area contributed by atoms with Crippen molar-refractivity contribution in [2.75, 3.05) is 29.4 Å². The summed E-state index contributed by atoms with van der Waals surface area (Å²) in [6.45, 7) is 9.23. The minimum absolute atomic E-state index is 0.0158. The first kappa shape index (κ1) is 20.9. The number of hydrogen-bond donors (Lipinski definition) is 0. The van der Waals surface area contributed by atoms with Crippen LogP contribution in [0.5, 0.6) is 0 Å². The molecule has 4 rings (SSSR count). The van der Waals surface area contributed by atoms with E-state index in [1.165, 1.54) is 5.56 Å². The van der Waals surface area contributed by atoms with E-state index in [0.717, 1.165) is 16.9 Å². The Morgan fingerprint density at radius 2 is 1.80 bits per heavy atom. The van der Waals surface area contributed by atoms with E-state index in [-0.39, 0.29) is 18.0 Å². The number of carbonyl (C=O) groups excluding carboxylic acids is 1. The number of sulfonamides is 1. The molecule has 6 nitrogen and oxygen atoms in total. The zero-order chi connectivity index (χ0) is 21.6. The number of amides is 1. The van der Waals surface area contributed by atoms with Gasteiger partial charge in [-0.15, -0.1) is 0 Å². The van der Waals surface area contributed by atoms with Crippen molar-refractivity contribution in [2.24, 2.45) is 0 Å². The highest BCUT2D eigenvalue weighted by Crippen LogP contribution is 2.35. The Balaban J connectivity index is 1.55. The van der Waals surface area contributed by atoms with Crippen molar-refractivity contribution in [1.29, 1.82) is 0 Å². The smallest absolute Gasteiger partial charge is 0.243 e. The molecule has 1 fully saturated rings. The summed E-state index contributed by atoms with van der Waals surface area (Å²) in [6.07, 6.45) is 0.676. The molecule has 0 N–H and O–H groups in total. The second kappa shape index (κ2) is 7.71. The fourth-order valence-corrected chi connectivity index (χ4v) is 6.29. The SMILES string of the molecule is CC(=O)N1c2ccc(S(=O)(=O)N3CCN(c4cccc(C)c4)C(C)C3)cc2CC1C. The van der Waals surface area contributed by atoms with Gasteiger partial charge in [-0.25, -0.2) is 8.42 Å². The fourth-order valence-electron chi connectivity index (χ4n) is 4.73. The first-order valence-corrected chi connectivity index (χ1v) is 11.9. The zero-order valence-electron chi connectivity index (χ0n) is 18.0. The van der Waals surface area contributed by atoms with Crippen molar-refractivity contribution in [3.63, 3.8) is 0 Å². The minimum atomic E-state index is -3.58. The summed E-state index contributed by atoms with van der Waals surface area (Å²) in [4.78, 5) is 16.3. The van der Waals surface area contributed by atoms with E-state index in [2.05, 4.69) is 36.9 Å². The van der Waals surface area contributed by atoms with E-state index in [0.29, 0.717) is 31.0 Å². The fraction of sp³-hybridized carbons (Fsp3) is 0.435. The molecule has 2 aromatic carbocycles. The maximum absolute atomic E-state index is 13.4. The number of hydrogen-bond acceptors (Lipinski definition) is 4. The van der Waals surface area contributed by atoms with Gasteiger partial charge in [0.2, 0.25) is 15.9 Å². The highest BCUT2D eigenvalue weighted by atomic mass is 32.2. The Kier molecular flexibility index (Phi) is 5.36. The molecule has 2 aliphatic rings. The molecule has 0 radical (unpaired) electrons. The maximum atomic E-state index is 13.4. The molecule has 2 unspecified atom stereocenters. The van der Waals surface area contributed by atoms with Gasteiger partial charge in [0.25, 0.3) is 0 Å². The monoisotopic (exact) mass is 427 g/mol. The van der Waals surface area contributed by atoms with Gasteiger partial charge in [0.05, 0.1) is 4.90 Å². The molecule has 0 aliphatic carbocycles. The quantitative estimate of drug-likeness (QED) is 0.755. The lowest BCUT2D eigenvalue weighted by Gasteiger charge is -2.40. The lowest BCUT2D eigenvalue weighted by atomic mass is 10.1. The van der Waals surface area contributed by atoms with Crippen LogP contribution in [-0.4, -0.2) is 50.3 Å². The predicted octanol–water partition coefficient (Wildman–Crippen LogP) is 3.19. The van der Waals surface area contributed by atoms with Crippen LogP contribution in [0.25, 0.3) is 0 Å². The number of anilines is 2. The van der Waals surface area contributed by atoms with Crippen LogP contribution < -0.4 is 9.80 Å². The molecule has 7 heteroatoms. The number of aryl methyl sites for hydroxylation is 1. The molecule has 160 valence electrons. The molecule has 1 amide bonds. The molecular weight excluding hydrogens is 398 g/mol. The predicted molar refractivity (Wildman–Crippen MR) is 120 cm³/mol. The Hall–Kier alpha value is -2.38. The standard InChI is InChI=1S/C23H29N3O3S/c1-16-6-5-7-21(12-16)25-11-10-24(15-18(25)3)30(28,29)22-8-9-23-20(14-22)13-17(2)26(23)19(4)27/h5-9,12,14,17-18H,10-11,13,15H2,1-4H3. The molecule has 1 saturated heterocycles. The van der Waals surface area contributed by atoms with E-state index in [1.54, 1.807) is 34.3 Å². The summed E-state index contributed by atoms with van der Waals surface area (Å²) < 4.78 is 28.3. The van der Waals surface area contributed by atoms with Gasteiger partial charge in [-0.3, -0.25) is 4.79 Å². The van der Waals surface area contributed by atoms with Gasteiger partial charge in [0.15, 0.2) is 0 Å². The van der Waals surface area contributed by atoms with Crippen LogP contribution in [0.1, 0.15) is 31.9 Å². The van der Waals surface area contributed by atoms with Crippen molar-refractivity contribution in [1.82, 2.24) is 4.31 Å². The highest BCUT2D eigenvalue weighted by molar-refractivity contribution is 7.89. The van der Waals surface area contributed by atoms with Crippen LogP contribution >= 0.6 is 0 Å². The Morgan fingerprint density at radius 1 is 1.03 bits per heavy atom. The van der Waals surface area contributed by atoms with Gasteiger partial charge >= 0.3 is 0 Å². The Bertz CT molecular complexity index is 1080. The van der Waals surface area contributed by atoms with Gasteiger partial charge in [-0.05, 0) is 68.7 Å². The molecule has 2 atom stereocenters. The van der Waals surface area contributed by atoms with Gasteiger partial charge < -0.3 is 9.80 Å². The van der Waals surface area contributed by atoms with E-state index < -0.39 is 10.0 Å². The number of fused-ring (bicyclic) bond motifs is 1. The van der Waals surface area contributed by atoms with Crippen molar-refractivity contribution in [2.45, 2.75) is 51.1 Å². The van der Waals surface area contributed by atoms with E-state index in [9.17, 15) is 13.2 Å². The number of carbonyl (C=O) groups is 1. The molecule has 2 aromatic rings. The first-order chi connectivity index (χ1) is 14.2. The second-order valence-electron chi connectivity index (χ2n) is 8.48. The van der Waals surface area contributed by atoms with Gasteiger partial charge in [0, 0.05) is 50.0 Å². The lowest BCUT2D eigenvalue weighted by molar-refractivity contribution is -0.116. The topological polar surface area (TPSA) is 60.9 Å². The number of nitrogens with zero attached hydrogens (tertiary/aromatic N) is 3. The highest BCUT2D eigenvalue weighted by Gasteiger charge is 2.35. The third-order valence-corrected chi connectivity index (χ3v) is 8.03. The number of benzene rings is 2. The van der Waals surface area contributed by atoms with Crippen LogP contribution in [0.2, 0.25) is 0 Å². The molecule has 0 bridgehead atoms. The molecule has 2 heterocycles. The van der Waals surface area contributed by atoms with Crippen LogP contribution in [0.4, 0.5) is 11.4 Å². The molecular formula is C23H29N3O3S. The largest absolute Gasteiger partial charge is 0.366 e.